The second-order valence-corrected chi connectivity index (χ2v) is 5.33. The number of hydrogen-bond donors (Lipinski definition) is 0. The topological polar surface area (TPSA) is 60.8 Å². The molecule has 0 amide bonds. The molecule has 6 heteroatoms. The molecule has 3 rings (SSSR count). The highest BCUT2D eigenvalue weighted by atomic mass is 16.7. The minimum Gasteiger partial charge on any atom is -0.438 e. The van der Waals surface area contributed by atoms with E-state index in [2.05, 4.69) is 27.5 Å². The maximum atomic E-state index is 11.8. The Morgan fingerprint density at radius 3 is 2.91 bits per heavy atom. The minimum absolute atomic E-state index is 0.0808. The van der Waals surface area contributed by atoms with Crippen LogP contribution in [-0.4, -0.2) is 54.3 Å². The van der Waals surface area contributed by atoms with Crippen molar-refractivity contribution >= 4 is 22.8 Å². The summed E-state index contributed by atoms with van der Waals surface area (Å²) >= 11 is 0. The monoisotopic (exact) mass is 302 g/mol. The van der Waals surface area contributed by atoms with Crippen molar-refractivity contribution in [3.05, 3.63) is 36.5 Å². The van der Waals surface area contributed by atoms with Crippen molar-refractivity contribution in [2.75, 3.05) is 26.7 Å². The Balaban J connectivity index is 1.58. The lowest BCUT2D eigenvalue weighted by Crippen LogP contribution is -2.28. The number of ketones is 1. The highest BCUT2D eigenvalue weighted by Crippen LogP contribution is 2.16. The van der Waals surface area contributed by atoms with E-state index in [9.17, 15) is 9.59 Å². The van der Waals surface area contributed by atoms with Gasteiger partial charge in [-0.15, -0.1) is 0 Å². The summed E-state index contributed by atoms with van der Waals surface area (Å²) in [5.74, 6) is -0.0808. The van der Waals surface area contributed by atoms with Gasteiger partial charge in [-0.05, 0) is 17.5 Å². The molecule has 0 N–H and O–H groups in total. The molecule has 1 aromatic heterocycles. The first-order valence-corrected chi connectivity index (χ1v) is 7.21. The van der Waals surface area contributed by atoms with Gasteiger partial charge in [-0.2, -0.15) is 0 Å². The van der Waals surface area contributed by atoms with Gasteiger partial charge in [-0.25, -0.2) is 4.79 Å². The van der Waals surface area contributed by atoms with E-state index in [4.69, 9.17) is 4.74 Å². The largest absolute Gasteiger partial charge is 0.508 e. The Hall–Kier alpha value is -2.34. The number of aromatic nitrogens is 1. The molecule has 22 heavy (non-hydrogen) atoms. The molecule has 0 saturated carbocycles. The first kappa shape index (κ1) is 14.6. The molecule has 1 atom stereocenters. The van der Waals surface area contributed by atoms with Gasteiger partial charge in [0.15, 0.2) is 11.9 Å². The predicted octanol–water partition coefficient (Wildman–Crippen LogP) is 1.68. The summed E-state index contributed by atoms with van der Waals surface area (Å²) in [6, 6.07) is 10.3. The number of fused-ring (bicyclic) bond motifs is 1. The van der Waals surface area contributed by atoms with Gasteiger partial charge in [0.05, 0.1) is 13.7 Å². The third kappa shape index (κ3) is 2.96. The van der Waals surface area contributed by atoms with E-state index in [0.29, 0.717) is 13.1 Å². The van der Waals surface area contributed by atoms with Gasteiger partial charge in [0.2, 0.25) is 0 Å². The van der Waals surface area contributed by atoms with Crippen LogP contribution < -0.4 is 0 Å². The van der Waals surface area contributed by atoms with Crippen molar-refractivity contribution in [1.29, 1.82) is 0 Å². The summed E-state index contributed by atoms with van der Waals surface area (Å²) in [6.07, 6.45) is 0.524. The maximum Gasteiger partial charge on any atom is 0.508 e. The van der Waals surface area contributed by atoms with Crippen molar-refractivity contribution in [3.8, 4) is 0 Å². The number of benzene rings is 1. The fourth-order valence-electron chi connectivity index (χ4n) is 2.75. The molecule has 2 heterocycles. The number of rotatable bonds is 4. The van der Waals surface area contributed by atoms with Crippen LogP contribution in [0.2, 0.25) is 0 Å². The van der Waals surface area contributed by atoms with E-state index in [-0.39, 0.29) is 5.78 Å². The van der Waals surface area contributed by atoms with E-state index in [1.54, 1.807) is 0 Å². The Morgan fingerprint density at radius 2 is 2.09 bits per heavy atom. The van der Waals surface area contributed by atoms with Crippen LogP contribution in [-0.2, 0) is 20.8 Å². The molecule has 0 bridgehead atoms. The van der Waals surface area contributed by atoms with Gasteiger partial charge in [-0.1, -0.05) is 18.2 Å². The SMILES string of the molecule is COC(=O)OC1CN(CCn2ccc3ccccc32)CC1=O. The molecule has 1 saturated heterocycles. The molecule has 0 spiro atoms. The number of hydrogen-bond acceptors (Lipinski definition) is 5. The molecule has 1 aliphatic heterocycles. The van der Waals surface area contributed by atoms with Crippen LogP contribution in [0.15, 0.2) is 36.5 Å². The first-order chi connectivity index (χ1) is 10.7. The Labute approximate surface area is 128 Å². The number of ether oxygens (including phenoxy) is 2. The van der Waals surface area contributed by atoms with Crippen LogP contribution in [0.5, 0.6) is 0 Å². The van der Waals surface area contributed by atoms with Crippen molar-refractivity contribution in [2.45, 2.75) is 12.6 Å². The number of carbonyl (C=O) groups excluding carboxylic acids is 2. The standard InChI is InChI=1S/C16H18N2O4/c1-21-16(20)22-15-11-17(10-14(15)19)8-9-18-7-6-12-4-2-3-5-13(12)18/h2-7,15H,8-11H2,1H3. The molecule has 1 unspecified atom stereocenters. The molecule has 116 valence electrons. The summed E-state index contributed by atoms with van der Waals surface area (Å²) in [7, 11) is 1.23. The van der Waals surface area contributed by atoms with E-state index in [1.165, 1.54) is 18.0 Å². The summed E-state index contributed by atoms with van der Waals surface area (Å²) in [5.41, 5.74) is 1.18. The molecule has 2 aromatic rings. The average molecular weight is 302 g/mol. The predicted molar refractivity (Wildman–Crippen MR) is 80.7 cm³/mol. The van der Waals surface area contributed by atoms with Gasteiger partial charge < -0.3 is 14.0 Å². The Morgan fingerprint density at radius 1 is 1.27 bits per heavy atom. The molecule has 0 radical (unpaired) electrons. The van der Waals surface area contributed by atoms with Crippen LogP contribution in [0.3, 0.4) is 0 Å². The number of para-hydroxylation sites is 1. The number of Topliss-reactive ketones (excluding diaryl/α,β-unsaturated/α-hetero) is 1. The lowest BCUT2D eigenvalue weighted by molar-refractivity contribution is -0.124. The van der Waals surface area contributed by atoms with Gasteiger partial charge in [0.25, 0.3) is 0 Å². The summed E-state index contributed by atoms with van der Waals surface area (Å²) in [5, 5.41) is 1.20. The third-order valence-electron chi connectivity index (χ3n) is 3.91. The lowest BCUT2D eigenvalue weighted by Gasteiger charge is -2.15. The summed E-state index contributed by atoms with van der Waals surface area (Å²) < 4.78 is 11.5. The van der Waals surface area contributed by atoms with E-state index < -0.39 is 12.3 Å². The fraction of sp³-hybridized carbons (Fsp3) is 0.375. The van der Waals surface area contributed by atoms with Crippen LogP contribution in [0.25, 0.3) is 10.9 Å². The van der Waals surface area contributed by atoms with E-state index >= 15 is 0 Å². The Bertz CT molecular complexity index is 694. The van der Waals surface area contributed by atoms with Crippen LogP contribution in [0.4, 0.5) is 4.79 Å². The quantitative estimate of drug-likeness (QED) is 0.804. The highest BCUT2D eigenvalue weighted by molar-refractivity contribution is 5.88. The zero-order valence-electron chi connectivity index (χ0n) is 12.4. The van der Waals surface area contributed by atoms with Crippen molar-refractivity contribution in [3.63, 3.8) is 0 Å². The van der Waals surface area contributed by atoms with Crippen LogP contribution in [0, 0.1) is 0 Å². The Kier molecular flexibility index (Phi) is 4.11. The van der Waals surface area contributed by atoms with E-state index in [0.717, 1.165) is 13.1 Å². The number of methoxy groups -OCH3 is 1. The lowest BCUT2D eigenvalue weighted by atomic mass is 10.2. The second-order valence-electron chi connectivity index (χ2n) is 5.33. The van der Waals surface area contributed by atoms with Gasteiger partial charge in [0, 0.05) is 31.3 Å². The number of likely N-dealkylation sites (tertiary alicyclic amines) is 1. The summed E-state index contributed by atoms with van der Waals surface area (Å²) in [4.78, 5) is 24.9. The molecule has 6 nitrogen and oxygen atoms in total. The van der Waals surface area contributed by atoms with Crippen molar-refractivity contribution in [2.24, 2.45) is 0 Å². The van der Waals surface area contributed by atoms with Gasteiger partial charge in [-0.3, -0.25) is 9.69 Å². The zero-order chi connectivity index (χ0) is 15.5. The zero-order valence-corrected chi connectivity index (χ0v) is 12.4. The van der Waals surface area contributed by atoms with Gasteiger partial charge >= 0.3 is 6.16 Å². The average Bonchev–Trinajstić information content (AvgIpc) is 3.09. The molecule has 1 aliphatic rings. The fourth-order valence-corrected chi connectivity index (χ4v) is 2.75. The van der Waals surface area contributed by atoms with Crippen molar-refractivity contribution < 1.29 is 19.1 Å². The van der Waals surface area contributed by atoms with Gasteiger partial charge in [0.1, 0.15) is 0 Å². The smallest absolute Gasteiger partial charge is 0.438 e. The number of nitrogens with zero attached hydrogens (tertiary/aromatic N) is 2. The van der Waals surface area contributed by atoms with Crippen LogP contribution >= 0.6 is 0 Å². The molecular weight excluding hydrogens is 284 g/mol. The number of carbonyl (C=O) groups is 2. The first-order valence-electron chi connectivity index (χ1n) is 7.21. The molecule has 0 aliphatic carbocycles. The second kappa shape index (κ2) is 6.19. The third-order valence-corrected chi connectivity index (χ3v) is 3.91. The highest BCUT2D eigenvalue weighted by Gasteiger charge is 2.33. The normalized spacial score (nSPS) is 18.8. The molecular formula is C16H18N2O4. The molecule has 1 aromatic carbocycles. The maximum absolute atomic E-state index is 11.8. The molecule has 1 fully saturated rings. The van der Waals surface area contributed by atoms with Crippen molar-refractivity contribution in [1.82, 2.24) is 9.47 Å². The van der Waals surface area contributed by atoms with Crippen LogP contribution in [0.1, 0.15) is 0 Å². The summed E-state index contributed by atoms with van der Waals surface area (Å²) in [6.45, 7) is 2.24. The minimum atomic E-state index is -0.809. The van der Waals surface area contributed by atoms with E-state index in [1.807, 2.05) is 23.2 Å².